The summed E-state index contributed by atoms with van der Waals surface area (Å²) in [5.74, 6) is 2.02. The number of nitrogens with zero attached hydrogens (tertiary/aromatic N) is 4. The SMILES string of the molecule is CNCCC(Oc1cccc(N2CCN(C)c3nc(C)ncc3C2=O)c1)C1=CC=CCC1. The summed E-state index contributed by atoms with van der Waals surface area (Å²) in [6.45, 7) is 3.96. The minimum absolute atomic E-state index is 0.00530. The molecule has 2 heterocycles. The van der Waals surface area contributed by atoms with Gasteiger partial charge in [0.1, 0.15) is 29.1 Å². The number of likely N-dealkylation sites (N-methyl/N-ethyl adjacent to an activating group) is 1. The summed E-state index contributed by atoms with van der Waals surface area (Å²) in [6.07, 6.45) is 11.0. The van der Waals surface area contributed by atoms with E-state index in [-0.39, 0.29) is 12.0 Å². The molecular weight excluding hydrogens is 402 g/mol. The molecule has 0 fully saturated rings. The Kier molecular flexibility index (Phi) is 6.85. The van der Waals surface area contributed by atoms with Gasteiger partial charge in [0.2, 0.25) is 0 Å². The molecule has 0 saturated carbocycles. The number of aryl methyl sites for hydroxylation is 1. The molecule has 0 saturated heterocycles. The van der Waals surface area contributed by atoms with Gasteiger partial charge in [-0.3, -0.25) is 4.79 Å². The molecule has 1 aliphatic carbocycles. The van der Waals surface area contributed by atoms with Gasteiger partial charge >= 0.3 is 0 Å². The number of benzene rings is 1. The van der Waals surface area contributed by atoms with Crippen molar-refractivity contribution in [3.63, 3.8) is 0 Å². The standard InChI is InChI=1S/C25H31N5O2/c1-18-27-17-22-24(28-18)29(3)14-15-30(25(22)31)20-10-7-11-21(16-20)32-23(12-13-26-2)19-8-5-4-6-9-19/h4-5,7-8,10-11,16-17,23,26H,6,9,12-15H2,1-3H3. The molecule has 1 unspecified atom stereocenters. The van der Waals surface area contributed by atoms with E-state index in [0.717, 1.165) is 37.2 Å². The fourth-order valence-electron chi connectivity index (χ4n) is 4.12. The molecule has 1 aliphatic heterocycles. The second kappa shape index (κ2) is 9.96. The molecule has 4 rings (SSSR count). The molecule has 0 spiro atoms. The Bertz CT molecular complexity index is 1030. The van der Waals surface area contributed by atoms with Crippen LogP contribution in [-0.4, -0.2) is 55.7 Å². The van der Waals surface area contributed by atoms with E-state index in [1.165, 1.54) is 5.57 Å². The van der Waals surface area contributed by atoms with Gasteiger partial charge in [0.25, 0.3) is 5.91 Å². The van der Waals surface area contributed by atoms with Gasteiger partial charge in [0, 0.05) is 44.5 Å². The predicted octanol–water partition coefficient (Wildman–Crippen LogP) is 3.51. The zero-order valence-electron chi connectivity index (χ0n) is 19.0. The molecule has 0 radical (unpaired) electrons. The third kappa shape index (κ3) is 4.83. The number of fused-ring (bicyclic) bond motifs is 1. The van der Waals surface area contributed by atoms with Crippen molar-refractivity contribution in [2.24, 2.45) is 0 Å². The molecule has 2 aliphatic rings. The number of anilines is 2. The number of carbonyl (C=O) groups excluding carboxylic acids is 1. The number of allylic oxidation sites excluding steroid dienone is 3. The Hall–Kier alpha value is -3.19. The molecule has 1 atom stereocenters. The lowest BCUT2D eigenvalue weighted by molar-refractivity contribution is 0.0989. The van der Waals surface area contributed by atoms with Gasteiger partial charge in [-0.15, -0.1) is 0 Å². The molecule has 1 aromatic heterocycles. The molecule has 1 amide bonds. The summed E-state index contributed by atoms with van der Waals surface area (Å²) in [5.41, 5.74) is 2.65. The van der Waals surface area contributed by atoms with E-state index in [9.17, 15) is 4.79 Å². The second-order valence-corrected chi connectivity index (χ2v) is 8.24. The first-order valence-electron chi connectivity index (χ1n) is 11.2. The van der Waals surface area contributed by atoms with E-state index >= 15 is 0 Å². The van der Waals surface area contributed by atoms with Crippen LogP contribution in [-0.2, 0) is 0 Å². The highest BCUT2D eigenvalue weighted by atomic mass is 16.5. The molecule has 7 nitrogen and oxygen atoms in total. The number of hydrogen-bond donors (Lipinski definition) is 1. The van der Waals surface area contributed by atoms with E-state index in [2.05, 4.69) is 33.5 Å². The van der Waals surface area contributed by atoms with E-state index in [1.54, 1.807) is 11.1 Å². The first-order valence-corrected chi connectivity index (χ1v) is 11.2. The van der Waals surface area contributed by atoms with Gasteiger partial charge in [0.15, 0.2) is 0 Å². The molecule has 2 aromatic rings. The van der Waals surface area contributed by atoms with Gasteiger partial charge in [-0.1, -0.05) is 24.3 Å². The lowest BCUT2D eigenvalue weighted by atomic mass is 9.97. The normalized spacial score (nSPS) is 17.0. The number of rotatable bonds is 7. The zero-order valence-corrected chi connectivity index (χ0v) is 19.0. The van der Waals surface area contributed by atoms with Crippen LogP contribution in [0.25, 0.3) is 0 Å². The highest BCUT2D eigenvalue weighted by molar-refractivity contribution is 6.09. The molecule has 1 aromatic carbocycles. The predicted molar refractivity (Wildman–Crippen MR) is 128 cm³/mol. The van der Waals surface area contributed by atoms with Crippen LogP contribution in [0.1, 0.15) is 35.4 Å². The Morgan fingerprint density at radius 2 is 2.16 bits per heavy atom. The molecule has 1 N–H and O–H groups in total. The van der Waals surface area contributed by atoms with Crippen molar-refractivity contribution >= 4 is 17.4 Å². The smallest absolute Gasteiger partial charge is 0.263 e. The maximum Gasteiger partial charge on any atom is 0.263 e. The average molecular weight is 434 g/mol. The summed E-state index contributed by atoms with van der Waals surface area (Å²) < 4.78 is 6.45. The topological polar surface area (TPSA) is 70.6 Å². The van der Waals surface area contributed by atoms with Gasteiger partial charge in [-0.05, 0) is 51.1 Å². The number of amides is 1. The maximum absolute atomic E-state index is 13.4. The molecule has 168 valence electrons. The van der Waals surface area contributed by atoms with Crippen LogP contribution in [0.15, 0.2) is 54.3 Å². The van der Waals surface area contributed by atoms with Crippen molar-refractivity contribution in [2.75, 3.05) is 43.5 Å². The molecule has 7 heteroatoms. The zero-order chi connectivity index (χ0) is 22.5. The van der Waals surface area contributed by atoms with E-state index in [0.29, 0.717) is 30.3 Å². The van der Waals surface area contributed by atoms with E-state index < -0.39 is 0 Å². The van der Waals surface area contributed by atoms with Crippen molar-refractivity contribution in [2.45, 2.75) is 32.3 Å². The first-order chi connectivity index (χ1) is 15.6. The lowest BCUT2D eigenvalue weighted by Gasteiger charge is -2.25. The Morgan fingerprint density at radius 1 is 1.28 bits per heavy atom. The number of carbonyl (C=O) groups is 1. The number of aromatic nitrogens is 2. The fraction of sp³-hybridized carbons (Fsp3) is 0.400. The highest BCUT2D eigenvalue weighted by Gasteiger charge is 2.28. The second-order valence-electron chi connectivity index (χ2n) is 8.24. The van der Waals surface area contributed by atoms with Crippen LogP contribution in [0.5, 0.6) is 5.75 Å². The first kappa shape index (κ1) is 22.0. The summed E-state index contributed by atoms with van der Waals surface area (Å²) in [6, 6.07) is 7.83. The Labute approximate surface area is 189 Å². The Morgan fingerprint density at radius 3 is 2.94 bits per heavy atom. The van der Waals surface area contributed by atoms with Crippen LogP contribution in [0, 0.1) is 6.92 Å². The van der Waals surface area contributed by atoms with Gasteiger partial charge in [0.05, 0.1) is 0 Å². The molecule has 32 heavy (non-hydrogen) atoms. The van der Waals surface area contributed by atoms with Gasteiger partial charge in [-0.2, -0.15) is 0 Å². The van der Waals surface area contributed by atoms with Crippen molar-refractivity contribution < 1.29 is 9.53 Å². The number of nitrogens with one attached hydrogen (secondary N) is 1. The minimum atomic E-state index is -0.0895. The van der Waals surface area contributed by atoms with Crippen LogP contribution >= 0.6 is 0 Å². The summed E-state index contributed by atoms with van der Waals surface area (Å²) in [7, 11) is 3.91. The summed E-state index contributed by atoms with van der Waals surface area (Å²) in [4.78, 5) is 25.9. The van der Waals surface area contributed by atoms with Crippen molar-refractivity contribution in [3.8, 4) is 5.75 Å². The monoisotopic (exact) mass is 433 g/mol. The van der Waals surface area contributed by atoms with Crippen LogP contribution < -0.4 is 19.9 Å². The Balaban J connectivity index is 1.59. The average Bonchev–Trinajstić information content (AvgIpc) is 2.93. The third-order valence-electron chi connectivity index (χ3n) is 5.91. The number of hydrogen-bond acceptors (Lipinski definition) is 6. The van der Waals surface area contributed by atoms with Gasteiger partial charge in [-0.25, -0.2) is 9.97 Å². The van der Waals surface area contributed by atoms with Crippen LogP contribution in [0.4, 0.5) is 11.5 Å². The van der Waals surface area contributed by atoms with E-state index in [1.807, 2.05) is 50.2 Å². The van der Waals surface area contributed by atoms with Crippen molar-refractivity contribution in [3.05, 3.63) is 65.7 Å². The maximum atomic E-state index is 13.4. The third-order valence-corrected chi connectivity index (χ3v) is 5.91. The minimum Gasteiger partial charge on any atom is -0.486 e. The van der Waals surface area contributed by atoms with Gasteiger partial charge < -0.3 is 19.9 Å². The lowest BCUT2D eigenvalue weighted by Crippen LogP contribution is -2.33. The number of ether oxygens (including phenoxy) is 1. The van der Waals surface area contributed by atoms with Crippen LogP contribution in [0.3, 0.4) is 0 Å². The van der Waals surface area contributed by atoms with Crippen molar-refractivity contribution in [1.82, 2.24) is 15.3 Å². The highest BCUT2D eigenvalue weighted by Crippen LogP contribution is 2.29. The van der Waals surface area contributed by atoms with Crippen molar-refractivity contribution in [1.29, 1.82) is 0 Å². The summed E-state index contributed by atoms with van der Waals surface area (Å²) in [5, 5.41) is 3.22. The molecule has 0 bridgehead atoms. The fourth-order valence-corrected chi connectivity index (χ4v) is 4.12. The van der Waals surface area contributed by atoms with Crippen LogP contribution in [0.2, 0.25) is 0 Å². The summed E-state index contributed by atoms with van der Waals surface area (Å²) >= 11 is 0. The quantitative estimate of drug-likeness (QED) is 0.721. The largest absolute Gasteiger partial charge is 0.486 e. The molecular formula is C25H31N5O2. The van der Waals surface area contributed by atoms with E-state index in [4.69, 9.17) is 4.74 Å².